The Balaban J connectivity index is 1.79. The Labute approximate surface area is 170 Å². The summed E-state index contributed by atoms with van der Waals surface area (Å²) < 4.78 is 29.8. The molecule has 2 aromatic rings. The van der Waals surface area contributed by atoms with Crippen LogP contribution in [0.3, 0.4) is 0 Å². The van der Waals surface area contributed by atoms with Crippen LogP contribution in [-0.4, -0.2) is 26.7 Å². The molecule has 0 aliphatic heterocycles. The fourth-order valence-electron chi connectivity index (χ4n) is 2.53. The van der Waals surface area contributed by atoms with Crippen molar-refractivity contribution < 1.29 is 22.7 Å². The minimum Gasteiger partial charge on any atom is -0.494 e. The quantitative estimate of drug-likeness (QED) is 0.482. The van der Waals surface area contributed by atoms with Crippen LogP contribution in [0, 0.1) is 0 Å². The molecular weight excluding hydrogens is 394 g/mol. The summed E-state index contributed by atoms with van der Waals surface area (Å²) in [5.41, 5.74) is 1.53. The number of hydrogen-bond donors (Lipinski definition) is 3. The molecule has 0 aliphatic rings. The fraction of sp³-hybridized carbons (Fsp3) is 0.300. The number of anilines is 1. The molecule has 4 N–H and O–H groups in total. The SMILES string of the molecule is CCCOc1ccc(C(=O)CCC(=O)NCc2cccc(NS(N)(=O)=O)c2)cc1. The van der Waals surface area contributed by atoms with Crippen LogP contribution in [0.2, 0.25) is 0 Å². The largest absolute Gasteiger partial charge is 0.494 e. The summed E-state index contributed by atoms with van der Waals surface area (Å²) in [4.78, 5) is 24.3. The molecule has 0 unspecified atom stereocenters. The molecule has 2 aromatic carbocycles. The van der Waals surface area contributed by atoms with Crippen LogP contribution in [0.4, 0.5) is 5.69 Å². The Bertz CT molecular complexity index is 943. The molecule has 0 heterocycles. The summed E-state index contributed by atoms with van der Waals surface area (Å²) in [6, 6.07) is 13.4. The fourth-order valence-corrected chi connectivity index (χ4v) is 2.98. The molecule has 1 amide bonds. The van der Waals surface area contributed by atoms with E-state index >= 15 is 0 Å². The van der Waals surface area contributed by atoms with Crippen LogP contribution in [0.25, 0.3) is 0 Å². The number of nitrogens with one attached hydrogen (secondary N) is 2. The van der Waals surface area contributed by atoms with E-state index < -0.39 is 10.2 Å². The van der Waals surface area contributed by atoms with Gasteiger partial charge < -0.3 is 10.1 Å². The van der Waals surface area contributed by atoms with Gasteiger partial charge in [0.1, 0.15) is 5.75 Å². The lowest BCUT2D eigenvalue weighted by molar-refractivity contribution is -0.121. The molecule has 0 spiro atoms. The second kappa shape index (κ2) is 10.6. The molecule has 2 rings (SSSR count). The van der Waals surface area contributed by atoms with Crippen molar-refractivity contribution in [1.82, 2.24) is 5.32 Å². The molecule has 29 heavy (non-hydrogen) atoms. The van der Waals surface area contributed by atoms with Crippen molar-refractivity contribution in [1.29, 1.82) is 0 Å². The molecular formula is C20H25N3O5S. The Morgan fingerprint density at radius 2 is 1.79 bits per heavy atom. The van der Waals surface area contributed by atoms with Gasteiger partial charge in [-0.05, 0) is 48.4 Å². The first-order valence-corrected chi connectivity index (χ1v) is 10.7. The topological polar surface area (TPSA) is 128 Å². The van der Waals surface area contributed by atoms with Gasteiger partial charge in [-0.25, -0.2) is 5.14 Å². The van der Waals surface area contributed by atoms with E-state index in [1.165, 1.54) is 0 Å². The lowest BCUT2D eigenvalue weighted by atomic mass is 10.1. The summed E-state index contributed by atoms with van der Waals surface area (Å²) in [6.45, 7) is 2.84. The summed E-state index contributed by atoms with van der Waals surface area (Å²) >= 11 is 0. The second-order valence-electron chi connectivity index (χ2n) is 6.42. The zero-order valence-corrected chi connectivity index (χ0v) is 17.0. The third-order valence-electron chi connectivity index (χ3n) is 3.91. The first kappa shape index (κ1) is 22.4. The highest BCUT2D eigenvalue weighted by molar-refractivity contribution is 7.90. The third-order valence-corrected chi connectivity index (χ3v) is 4.43. The van der Waals surface area contributed by atoms with Crippen LogP contribution in [0.1, 0.15) is 42.1 Å². The number of rotatable bonds is 11. The van der Waals surface area contributed by atoms with Gasteiger partial charge in [0.25, 0.3) is 10.2 Å². The number of benzene rings is 2. The average molecular weight is 420 g/mol. The van der Waals surface area contributed by atoms with Gasteiger partial charge in [-0.1, -0.05) is 19.1 Å². The number of carbonyl (C=O) groups excluding carboxylic acids is 2. The molecule has 156 valence electrons. The highest BCUT2D eigenvalue weighted by Gasteiger charge is 2.10. The monoisotopic (exact) mass is 419 g/mol. The van der Waals surface area contributed by atoms with E-state index in [0.29, 0.717) is 29.2 Å². The molecule has 0 radical (unpaired) electrons. The standard InChI is InChI=1S/C20H25N3O5S/c1-2-12-28-18-8-6-16(7-9-18)19(24)10-11-20(25)22-14-15-4-3-5-17(13-15)23-29(21,26)27/h3-9,13,23H,2,10-12,14H2,1H3,(H,22,25)(H2,21,26,27). The van der Waals surface area contributed by atoms with E-state index in [0.717, 1.165) is 6.42 Å². The van der Waals surface area contributed by atoms with Crippen LogP contribution in [0.15, 0.2) is 48.5 Å². The van der Waals surface area contributed by atoms with Gasteiger partial charge in [-0.15, -0.1) is 0 Å². The van der Waals surface area contributed by atoms with Gasteiger partial charge in [-0.3, -0.25) is 14.3 Å². The zero-order chi connectivity index (χ0) is 21.3. The summed E-state index contributed by atoms with van der Waals surface area (Å²) in [7, 11) is -3.86. The molecule has 0 bridgehead atoms. The van der Waals surface area contributed by atoms with Crippen molar-refractivity contribution in [2.24, 2.45) is 5.14 Å². The highest BCUT2D eigenvalue weighted by Crippen LogP contribution is 2.15. The first-order chi connectivity index (χ1) is 13.8. The number of nitrogens with two attached hydrogens (primary N) is 1. The normalized spacial score (nSPS) is 11.0. The number of ketones is 1. The lowest BCUT2D eigenvalue weighted by Crippen LogP contribution is -2.24. The molecule has 8 nitrogen and oxygen atoms in total. The number of hydrogen-bond acceptors (Lipinski definition) is 5. The van der Waals surface area contributed by atoms with E-state index in [9.17, 15) is 18.0 Å². The van der Waals surface area contributed by atoms with E-state index in [2.05, 4.69) is 10.0 Å². The molecule has 0 saturated carbocycles. The maximum absolute atomic E-state index is 12.2. The Morgan fingerprint density at radius 1 is 1.07 bits per heavy atom. The van der Waals surface area contributed by atoms with Crippen LogP contribution >= 0.6 is 0 Å². The maximum Gasteiger partial charge on any atom is 0.296 e. The van der Waals surface area contributed by atoms with Gasteiger partial charge >= 0.3 is 0 Å². The number of Topliss-reactive ketones (excluding diaryl/α,β-unsaturated/α-hetero) is 1. The molecule has 0 saturated heterocycles. The maximum atomic E-state index is 12.2. The Kier molecular flexibility index (Phi) is 8.17. The summed E-state index contributed by atoms with van der Waals surface area (Å²) in [5, 5.41) is 7.65. The highest BCUT2D eigenvalue weighted by atomic mass is 32.2. The van der Waals surface area contributed by atoms with Gasteiger partial charge in [0, 0.05) is 24.9 Å². The Morgan fingerprint density at radius 3 is 2.45 bits per heavy atom. The van der Waals surface area contributed by atoms with Gasteiger partial charge in [0.05, 0.1) is 12.3 Å². The van der Waals surface area contributed by atoms with Gasteiger partial charge in [0.2, 0.25) is 5.91 Å². The molecule has 0 aliphatic carbocycles. The molecule has 0 atom stereocenters. The summed E-state index contributed by atoms with van der Waals surface area (Å²) in [6.07, 6.45) is 1.05. The summed E-state index contributed by atoms with van der Waals surface area (Å²) in [5.74, 6) is 0.313. The van der Waals surface area contributed by atoms with Crippen LogP contribution in [0.5, 0.6) is 5.75 Å². The van der Waals surface area contributed by atoms with Crippen molar-refractivity contribution >= 4 is 27.6 Å². The van der Waals surface area contributed by atoms with Crippen molar-refractivity contribution in [3.8, 4) is 5.75 Å². The van der Waals surface area contributed by atoms with Crippen molar-refractivity contribution in [3.05, 3.63) is 59.7 Å². The van der Waals surface area contributed by atoms with Crippen molar-refractivity contribution in [3.63, 3.8) is 0 Å². The van der Waals surface area contributed by atoms with E-state index in [-0.39, 0.29) is 31.1 Å². The van der Waals surface area contributed by atoms with Crippen molar-refractivity contribution in [2.75, 3.05) is 11.3 Å². The molecule has 0 aromatic heterocycles. The molecule has 9 heteroatoms. The van der Waals surface area contributed by atoms with Crippen LogP contribution in [-0.2, 0) is 21.5 Å². The zero-order valence-electron chi connectivity index (χ0n) is 16.2. The average Bonchev–Trinajstić information content (AvgIpc) is 2.68. The Hall–Kier alpha value is -2.91. The first-order valence-electron chi connectivity index (χ1n) is 9.19. The number of carbonyl (C=O) groups is 2. The van der Waals surface area contributed by atoms with Gasteiger partial charge in [-0.2, -0.15) is 8.42 Å². The minimum absolute atomic E-state index is 0.0576. The predicted octanol–water partition coefficient (Wildman–Crippen LogP) is 2.37. The second-order valence-corrected chi connectivity index (χ2v) is 7.71. The lowest BCUT2D eigenvalue weighted by Gasteiger charge is -2.08. The number of ether oxygens (including phenoxy) is 1. The predicted molar refractivity (Wildman–Crippen MR) is 111 cm³/mol. The van der Waals surface area contributed by atoms with Crippen LogP contribution < -0.4 is 19.9 Å². The third kappa shape index (κ3) is 8.32. The minimum atomic E-state index is -3.86. The smallest absolute Gasteiger partial charge is 0.296 e. The van der Waals surface area contributed by atoms with Gasteiger partial charge in [0.15, 0.2) is 5.78 Å². The van der Waals surface area contributed by atoms with E-state index in [1.807, 2.05) is 6.92 Å². The molecule has 0 fully saturated rings. The van der Waals surface area contributed by atoms with Crippen molar-refractivity contribution in [2.45, 2.75) is 32.7 Å². The van der Waals surface area contributed by atoms with E-state index in [4.69, 9.17) is 9.88 Å². The number of amides is 1. The van der Waals surface area contributed by atoms with E-state index in [1.54, 1.807) is 48.5 Å².